The van der Waals surface area contributed by atoms with E-state index in [1.54, 1.807) is 0 Å². The smallest absolute Gasteiger partial charge is 0.106 e. The second kappa shape index (κ2) is 5.05. The van der Waals surface area contributed by atoms with Gasteiger partial charge >= 0.3 is 0 Å². The molecule has 1 heterocycles. The van der Waals surface area contributed by atoms with E-state index in [0.29, 0.717) is 5.92 Å². The Morgan fingerprint density at radius 1 is 1.46 bits per heavy atom. The SMILES string of the molecule is CCCCc1ncc(CC(C)C)[nH]1. The normalized spacial score (nSPS) is 11.1. The lowest BCUT2D eigenvalue weighted by atomic mass is 10.1. The van der Waals surface area contributed by atoms with E-state index in [1.807, 2.05) is 6.20 Å². The van der Waals surface area contributed by atoms with Crippen LogP contribution in [0.4, 0.5) is 0 Å². The second-order valence-corrected chi connectivity index (χ2v) is 4.06. The van der Waals surface area contributed by atoms with Crippen molar-refractivity contribution in [3.05, 3.63) is 17.7 Å². The van der Waals surface area contributed by atoms with E-state index in [0.717, 1.165) is 18.7 Å². The quantitative estimate of drug-likeness (QED) is 0.741. The zero-order valence-corrected chi connectivity index (χ0v) is 8.93. The molecule has 0 aliphatic heterocycles. The summed E-state index contributed by atoms with van der Waals surface area (Å²) in [7, 11) is 0. The van der Waals surface area contributed by atoms with Gasteiger partial charge in [0.25, 0.3) is 0 Å². The molecule has 13 heavy (non-hydrogen) atoms. The molecule has 0 aliphatic carbocycles. The van der Waals surface area contributed by atoms with Crippen molar-refractivity contribution in [2.45, 2.75) is 46.5 Å². The summed E-state index contributed by atoms with van der Waals surface area (Å²) in [6, 6.07) is 0. The summed E-state index contributed by atoms with van der Waals surface area (Å²) in [6.45, 7) is 6.66. The number of unbranched alkanes of at least 4 members (excludes halogenated alkanes) is 1. The number of H-pyrrole nitrogens is 1. The summed E-state index contributed by atoms with van der Waals surface area (Å²) < 4.78 is 0. The van der Waals surface area contributed by atoms with Crippen molar-refractivity contribution in [2.75, 3.05) is 0 Å². The summed E-state index contributed by atoms with van der Waals surface area (Å²) in [5, 5.41) is 0. The van der Waals surface area contributed by atoms with Crippen molar-refractivity contribution < 1.29 is 0 Å². The van der Waals surface area contributed by atoms with Crippen LogP contribution in [-0.4, -0.2) is 9.97 Å². The molecular weight excluding hydrogens is 160 g/mol. The maximum absolute atomic E-state index is 4.35. The van der Waals surface area contributed by atoms with E-state index >= 15 is 0 Å². The number of hydrogen-bond acceptors (Lipinski definition) is 1. The molecule has 0 amide bonds. The van der Waals surface area contributed by atoms with Crippen molar-refractivity contribution in [3.63, 3.8) is 0 Å². The van der Waals surface area contributed by atoms with E-state index in [4.69, 9.17) is 0 Å². The summed E-state index contributed by atoms with van der Waals surface area (Å²) in [5.41, 5.74) is 1.28. The molecule has 1 rings (SSSR count). The molecule has 0 fully saturated rings. The van der Waals surface area contributed by atoms with Gasteiger partial charge in [0.1, 0.15) is 5.82 Å². The Hall–Kier alpha value is -0.790. The van der Waals surface area contributed by atoms with Crippen LogP contribution in [0, 0.1) is 5.92 Å². The van der Waals surface area contributed by atoms with E-state index in [2.05, 4.69) is 30.7 Å². The molecule has 0 atom stereocenters. The molecule has 0 aromatic carbocycles. The molecule has 74 valence electrons. The van der Waals surface area contributed by atoms with Crippen molar-refractivity contribution in [1.82, 2.24) is 9.97 Å². The van der Waals surface area contributed by atoms with Gasteiger partial charge in [-0.25, -0.2) is 4.98 Å². The molecule has 0 saturated heterocycles. The van der Waals surface area contributed by atoms with Crippen LogP contribution in [0.25, 0.3) is 0 Å². The largest absolute Gasteiger partial charge is 0.346 e. The summed E-state index contributed by atoms with van der Waals surface area (Å²) in [6.07, 6.45) is 6.65. The molecule has 0 bridgehead atoms. The average molecular weight is 180 g/mol. The van der Waals surface area contributed by atoms with E-state index < -0.39 is 0 Å². The Morgan fingerprint density at radius 3 is 2.85 bits per heavy atom. The van der Waals surface area contributed by atoms with Crippen LogP contribution in [0.5, 0.6) is 0 Å². The van der Waals surface area contributed by atoms with Gasteiger partial charge in [0.2, 0.25) is 0 Å². The Morgan fingerprint density at radius 2 is 2.23 bits per heavy atom. The Labute approximate surface area is 80.8 Å². The van der Waals surface area contributed by atoms with Crippen LogP contribution in [0.1, 0.15) is 45.1 Å². The Bertz CT molecular complexity index is 238. The van der Waals surface area contributed by atoms with E-state index in [1.165, 1.54) is 18.5 Å². The lowest BCUT2D eigenvalue weighted by Crippen LogP contribution is -1.94. The van der Waals surface area contributed by atoms with Crippen LogP contribution in [-0.2, 0) is 12.8 Å². The number of imidazole rings is 1. The van der Waals surface area contributed by atoms with Gasteiger partial charge in [-0.15, -0.1) is 0 Å². The third-order valence-corrected chi connectivity index (χ3v) is 2.08. The molecule has 0 saturated carbocycles. The summed E-state index contributed by atoms with van der Waals surface area (Å²) >= 11 is 0. The lowest BCUT2D eigenvalue weighted by Gasteiger charge is -2.00. The average Bonchev–Trinajstić information content (AvgIpc) is 2.48. The number of rotatable bonds is 5. The highest BCUT2D eigenvalue weighted by Crippen LogP contribution is 2.07. The third-order valence-electron chi connectivity index (χ3n) is 2.08. The fourth-order valence-electron chi connectivity index (χ4n) is 1.42. The monoisotopic (exact) mass is 180 g/mol. The molecule has 0 aliphatic rings. The number of nitrogens with zero attached hydrogens (tertiary/aromatic N) is 1. The fourth-order valence-corrected chi connectivity index (χ4v) is 1.42. The molecular formula is C11H20N2. The maximum atomic E-state index is 4.35. The fraction of sp³-hybridized carbons (Fsp3) is 0.727. The van der Waals surface area contributed by atoms with Crippen molar-refractivity contribution in [2.24, 2.45) is 5.92 Å². The minimum absolute atomic E-state index is 0.708. The van der Waals surface area contributed by atoms with Crippen molar-refractivity contribution in [1.29, 1.82) is 0 Å². The number of hydrogen-bond donors (Lipinski definition) is 1. The topological polar surface area (TPSA) is 28.7 Å². The lowest BCUT2D eigenvalue weighted by molar-refractivity contribution is 0.635. The van der Waals surface area contributed by atoms with E-state index in [9.17, 15) is 0 Å². The van der Waals surface area contributed by atoms with Gasteiger partial charge in [-0.3, -0.25) is 0 Å². The third kappa shape index (κ3) is 3.62. The van der Waals surface area contributed by atoms with Gasteiger partial charge in [0, 0.05) is 18.3 Å². The van der Waals surface area contributed by atoms with Crippen LogP contribution >= 0.6 is 0 Å². The molecule has 0 unspecified atom stereocenters. The minimum Gasteiger partial charge on any atom is -0.346 e. The first-order chi connectivity index (χ1) is 6.22. The molecule has 0 radical (unpaired) electrons. The first-order valence-corrected chi connectivity index (χ1v) is 5.25. The number of nitrogens with one attached hydrogen (secondary N) is 1. The molecule has 1 aromatic rings. The standard InChI is InChI=1S/C11H20N2/c1-4-5-6-11-12-8-10(13-11)7-9(2)3/h8-9H,4-7H2,1-3H3,(H,12,13). The Balaban J connectivity index is 2.44. The van der Waals surface area contributed by atoms with Gasteiger partial charge in [0.15, 0.2) is 0 Å². The predicted molar refractivity (Wildman–Crippen MR) is 55.7 cm³/mol. The van der Waals surface area contributed by atoms with Crippen LogP contribution in [0.3, 0.4) is 0 Å². The molecule has 0 spiro atoms. The number of aryl methyl sites for hydroxylation is 1. The van der Waals surface area contributed by atoms with Crippen LogP contribution < -0.4 is 0 Å². The highest BCUT2D eigenvalue weighted by Gasteiger charge is 2.01. The summed E-state index contributed by atoms with van der Waals surface area (Å²) in [4.78, 5) is 7.72. The molecule has 1 N–H and O–H groups in total. The maximum Gasteiger partial charge on any atom is 0.106 e. The van der Waals surface area contributed by atoms with Crippen LogP contribution in [0.15, 0.2) is 6.20 Å². The first-order valence-electron chi connectivity index (χ1n) is 5.25. The minimum atomic E-state index is 0.708. The molecule has 1 aromatic heterocycles. The zero-order chi connectivity index (χ0) is 9.68. The second-order valence-electron chi connectivity index (χ2n) is 4.06. The van der Waals surface area contributed by atoms with Gasteiger partial charge in [0.05, 0.1) is 0 Å². The zero-order valence-electron chi connectivity index (χ0n) is 8.93. The molecule has 2 nitrogen and oxygen atoms in total. The first kappa shape index (κ1) is 10.3. The number of aromatic nitrogens is 2. The van der Waals surface area contributed by atoms with Gasteiger partial charge in [-0.05, 0) is 18.8 Å². The Kier molecular flexibility index (Phi) is 4.00. The highest BCUT2D eigenvalue weighted by molar-refractivity contribution is 5.01. The van der Waals surface area contributed by atoms with Gasteiger partial charge in [-0.2, -0.15) is 0 Å². The van der Waals surface area contributed by atoms with Crippen molar-refractivity contribution >= 4 is 0 Å². The number of aromatic amines is 1. The van der Waals surface area contributed by atoms with Crippen LogP contribution in [0.2, 0.25) is 0 Å². The van der Waals surface area contributed by atoms with Gasteiger partial charge < -0.3 is 4.98 Å². The van der Waals surface area contributed by atoms with E-state index in [-0.39, 0.29) is 0 Å². The molecule has 2 heteroatoms. The van der Waals surface area contributed by atoms with Gasteiger partial charge in [-0.1, -0.05) is 27.2 Å². The highest BCUT2D eigenvalue weighted by atomic mass is 14.9. The predicted octanol–water partition coefficient (Wildman–Crippen LogP) is 2.95. The summed E-state index contributed by atoms with van der Waals surface area (Å²) in [5.74, 6) is 1.86. The van der Waals surface area contributed by atoms with Crippen molar-refractivity contribution in [3.8, 4) is 0 Å².